The predicted molar refractivity (Wildman–Crippen MR) is 47.9 cm³/mol. The summed E-state index contributed by atoms with van der Waals surface area (Å²) >= 11 is 0. The van der Waals surface area contributed by atoms with Crippen LogP contribution < -0.4 is 0 Å². The zero-order valence-corrected chi connectivity index (χ0v) is 7.92. The highest BCUT2D eigenvalue weighted by Crippen LogP contribution is 2.31. The van der Waals surface area contributed by atoms with Crippen LogP contribution in [-0.2, 0) is 4.79 Å². The zero-order chi connectivity index (χ0) is 8.72. The van der Waals surface area contributed by atoms with E-state index < -0.39 is 0 Å². The van der Waals surface area contributed by atoms with E-state index >= 15 is 0 Å². The Labute approximate surface area is 73.9 Å². The number of Topliss-reactive ketones (excluding diaryl/α,β-unsaturated/α-hetero) is 1. The lowest BCUT2D eigenvalue weighted by atomic mass is 9.78. The van der Waals surface area contributed by atoms with Crippen molar-refractivity contribution in [1.29, 1.82) is 0 Å². The van der Waals surface area contributed by atoms with E-state index in [1.807, 2.05) is 0 Å². The van der Waals surface area contributed by atoms with Gasteiger partial charge in [0.15, 0.2) is 5.78 Å². The molecule has 68 valence electrons. The average Bonchev–Trinajstić information content (AvgIpc) is 2.05. The van der Waals surface area contributed by atoms with Crippen LogP contribution in [0.4, 0.5) is 0 Å². The molecule has 3 fully saturated rings. The van der Waals surface area contributed by atoms with Gasteiger partial charge in [-0.05, 0) is 31.8 Å². The van der Waals surface area contributed by atoms with Crippen molar-refractivity contribution in [2.45, 2.75) is 32.7 Å². The van der Waals surface area contributed by atoms with Crippen LogP contribution in [-0.4, -0.2) is 29.8 Å². The summed E-state index contributed by atoms with van der Waals surface area (Å²) in [6.45, 7) is 6.62. The fourth-order valence-corrected chi connectivity index (χ4v) is 2.63. The van der Waals surface area contributed by atoms with E-state index in [2.05, 4.69) is 18.7 Å². The maximum Gasteiger partial charge on any atom is 0.153 e. The fourth-order valence-electron chi connectivity index (χ4n) is 2.63. The Morgan fingerprint density at radius 1 is 1.33 bits per heavy atom. The van der Waals surface area contributed by atoms with Gasteiger partial charge in [0.1, 0.15) is 0 Å². The third-order valence-electron chi connectivity index (χ3n) is 3.25. The number of nitrogens with zero attached hydrogens (tertiary/aromatic N) is 1. The van der Waals surface area contributed by atoms with Gasteiger partial charge in [0.2, 0.25) is 0 Å². The molecule has 0 N–H and O–H groups in total. The largest absolute Gasteiger partial charge is 0.298 e. The number of carbonyl (C=O) groups excluding carboxylic acids is 1. The van der Waals surface area contributed by atoms with Crippen LogP contribution in [0.2, 0.25) is 0 Å². The topological polar surface area (TPSA) is 20.3 Å². The molecule has 3 aliphatic heterocycles. The smallest absolute Gasteiger partial charge is 0.153 e. The first kappa shape index (κ1) is 8.24. The lowest BCUT2D eigenvalue weighted by molar-refractivity contribution is -0.139. The molecule has 2 heteroatoms. The van der Waals surface area contributed by atoms with Crippen molar-refractivity contribution in [3.8, 4) is 0 Å². The van der Waals surface area contributed by atoms with Crippen LogP contribution >= 0.6 is 0 Å². The Morgan fingerprint density at radius 2 is 1.92 bits per heavy atom. The van der Waals surface area contributed by atoms with Crippen LogP contribution in [0, 0.1) is 11.8 Å². The Bertz CT molecular complexity index is 192. The van der Waals surface area contributed by atoms with Gasteiger partial charge in [-0.2, -0.15) is 0 Å². The lowest BCUT2D eigenvalue weighted by Crippen LogP contribution is -2.57. The highest BCUT2D eigenvalue weighted by Gasteiger charge is 2.41. The molecule has 3 saturated heterocycles. The summed E-state index contributed by atoms with van der Waals surface area (Å²) < 4.78 is 0. The minimum absolute atomic E-state index is 0.248. The van der Waals surface area contributed by atoms with E-state index in [1.54, 1.807) is 0 Å². The monoisotopic (exact) mass is 167 g/mol. The van der Waals surface area contributed by atoms with Gasteiger partial charge in [-0.15, -0.1) is 0 Å². The molecule has 0 saturated carbocycles. The highest BCUT2D eigenvalue weighted by molar-refractivity contribution is 5.88. The van der Waals surface area contributed by atoms with Gasteiger partial charge in [-0.1, -0.05) is 13.8 Å². The van der Waals surface area contributed by atoms with Crippen molar-refractivity contribution in [3.63, 3.8) is 0 Å². The minimum Gasteiger partial charge on any atom is -0.298 e. The zero-order valence-electron chi connectivity index (χ0n) is 7.92. The van der Waals surface area contributed by atoms with E-state index in [0.29, 0.717) is 17.6 Å². The van der Waals surface area contributed by atoms with Gasteiger partial charge in [0.05, 0.1) is 6.04 Å². The number of hydrogen-bond donors (Lipinski definition) is 0. The number of hydrogen-bond acceptors (Lipinski definition) is 2. The first-order chi connectivity index (χ1) is 5.70. The summed E-state index contributed by atoms with van der Waals surface area (Å²) in [5, 5.41) is 0. The van der Waals surface area contributed by atoms with Crippen LogP contribution in [0.5, 0.6) is 0 Å². The third-order valence-corrected chi connectivity index (χ3v) is 3.25. The second-order valence-corrected chi connectivity index (χ2v) is 4.40. The minimum atomic E-state index is 0.248. The van der Waals surface area contributed by atoms with Crippen molar-refractivity contribution >= 4 is 5.78 Å². The number of fused-ring (bicyclic) bond motifs is 3. The number of piperidine rings is 3. The second kappa shape index (κ2) is 2.84. The summed E-state index contributed by atoms with van der Waals surface area (Å²) in [7, 11) is 0. The number of ketones is 1. The Morgan fingerprint density at radius 3 is 2.25 bits per heavy atom. The van der Waals surface area contributed by atoms with E-state index in [-0.39, 0.29) is 6.04 Å². The molecular formula is C10H17NO. The first-order valence-corrected chi connectivity index (χ1v) is 4.98. The molecule has 0 aromatic rings. The van der Waals surface area contributed by atoms with Gasteiger partial charge in [-0.3, -0.25) is 9.69 Å². The van der Waals surface area contributed by atoms with Gasteiger partial charge in [0.25, 0.3) is 0 Å². The van der Waals surface area contributed by atoms with E-state index in [9.17, 15) is 4.79 Å². The highest BCUT2D eigenvalue weighted by atomic mass is 16.1. The molecule has 2 nitrogen and oxygen atoms in total. The van der Waals surface area contributed by atoms with Gasteiger partial charge >= 0.3 is 0 Å². The molecule has 3 heterocycles. The molecule has 0 spiro atoms. The summed E-state index contributed by atoms with van der Waals surface area (Å²) in [5.41, 5.74) is 0. The molecule has 3 aliphatic rings. The molecule has 1 atom stereocenters. The van der Waals surface area contributed by atoms with Gasteiger partial charge in [0, 0.05) is 5.92 Å². The molecule has 2 bridgehead atoms. The van der Waals surface area contributed by atoms with Gasteiger partial charge in [-0.25, -0.2) is 0 Å². The van der Waals surface area contributed by atoms with Crippen LogP contribution in [0.1, 0.15) is 26.7 Å². The van der Waals surface area contributed by atoms with Crippen LogP contribution in [0.25, 0.3) is 0 Å². The molecule has 0 aromatic heterocycles. The number of rotatable bonds is 1. The number of carbonyl (C=O) groups is 1. The van der Waals surface area contributed by atoms with Crippen molar-refractivity contribution in [1.82, 2.24) is 4.90 Å². The van der Waals surface area contributed by atoms with Gasteiger partial charge < -0.3 is 0 Å². The van der Waals surface area contributed by atoms with Crippen molar-refractivity contribution in [2.24, 2.45) is 11.8 Å². The maximum absolute atomic E-state index is 11.8. The van der Waals surface area contributed by atoms with E-state index in [4.69, 9.17) is 0 Å². The SMILES string of the molecule is CC(C)C1C(=O)C2CCN1CC2. The standard InChI is InChI=1S/C10H17NO/c1-7(2)9-10(12)8-3-5-11(9)6-4-8/h7-9H,3-6H2,1-2H3. The van der Waals surface area contributed by atoms with Crippen molar-refractivity contribution in [3.05, 3.63) is 0 Å². The quantitative estimate of drug-likeness (QED) is 0.587. The normalized spacial score (nSPS) is 40.9. The molecule has 0 aliphatic carbocycles. The van der Waals surface area contributed by atoms with Crippen molar-refractivity contribution in [2.75, 3.05) is 13.1 Å². The molecule has 0 aromatic carbocycles. The second-order valence-electron chi connectivity index (χ2n) is 4.40. The molecular weight excluding hydrogens is 150 g/mol. The third kappa shape index (κ3) is 1.09. The molecule has 0 radical (unpaired) electrons. The Hall–Kier alpha value is -0.370. The van der Waals surface area contributed by atoms with E-state index in [1.165, 1.54) is 0 Å². The van der Waals surface area contributed by atoms with Crippen LogP contribution in [0.15, 0.2) is 0 Å². The summed E-state index contributed by atoms with van der Waals surface area (Å²) in [6.07, 6.45) is 2.23. The Balaban J connectivity index is 2.18. The van der Waals surface area contributed by atoms with Crippen molar-refractivity contribution < 1.29 is 4.79 Å². The molecule has 3 rings (SSSR count). The predicted octanol–water partition coefficient (Wildman–Crippen LogP) is 1.31. The Kier molecular flexibility index (Phi) is 1.95. The fraction of sp³-hybridized carbons (Fsp3) is 0.900. The maximum atomic E-state index is 11.8. The lowest BCUT2D eigenvalue weighted by Gasteiger charge is -2.45. The molecule has 1 unspecified atom stereocenters. The first-order valence-electron chi connectivity index (χ1n) is 4.98. The summed E-state index contributed by atoms with van der Waals surface area (Å²) in [4.78, 5) is 14.2. The van der Waals surface area contributed by atoms with Crippen LogP contribution in [0.3, 0.4) is 0 Å². The average molecular weight is 167 g/mol. The molecule has 12 heavy (non-hydrogen) atoms. The van der Waals surface area contributed by atoms with E-state index in [0.717, 1.165) is 25.9 Å². The summed E-state index contributed by atoms with van der Waals surface area (Å²) in [6, 6.07) is 0.248. The molecule has 0 amide bonds. The summed E-state index contributed by atoms with van der Waals surface area (Å²) in [5.74, 6) is 1.42.